The van der Waals surface area contributed by atoms with Gasteiger partial charge < -0.3 is 10.6 Å². The second-order valence-corrected chi connectivity index (χ2v) is 5.25. The van der Waals surface area contributed by atoms with Crippen LogP contribution in [0.15, 0.2) is 12.3 Å². The van der Waals surface area contributed by atoms with Gasteiger partial charge in [0, 0.05) is 43.9 Å². The molecule has 6 heteroatoms. The van der Waals surface area contributed by atoms with Gasteiger partial charge in [-0.2, -0.15) is 5.10 Å². The van der Waals surface area contributed by atoms with Crippen molar-refractivity contribution in [1.82, 2.24) is 19.7 Å². The van der Waals surface area contributed by atoms with Gasteiger partial charge in [0.25, 0.3) is 0 Å². The third-order valence-electron chi connectivity index (χ3n) is 3.74. The van der Waals surface area contributed by atoms with E-state index < -0.39 is 0 Å². The number of nitrogens with zero attached hydrogens (tertiary/aromatic N) is 4. The summed E-state index contributed by atoms with van der Waals surface area (Å²) in [4.78, 5) is 9.12. The minimum Gasteiger partial charge on any atom is -0.373 e. The lowest BCUT2D eigenvalue weighted by molar-refractivity contribution is 0.738. The number of hydrogen-bond donors (Lipinski definition) is 2. The summed E-state index contributed by atoms with van der Waals surface area (Å²) in [5.41, 5.74) is 2.35. The Balaban J connectivity index is 1.76. The average Bonchev–Trinajstić information content (AvgIpc) is 3.26. The Hall–Kier alpha value is -2.11. The molecular formula is C14H20N6. The zero-order valence-electron chi connectivity index (χ0n) is 12.1. The van der Waals surface area contributed by atoms with Crippen LogP contribution in [0.3, 0.4) is 0 Å². The molecule has 6 nitrogen and oxygen atoms in total. The van der Waals surface area contributed by atoms with Crippen LogP contribution in [0.2, 0.25) is 0 Å². The first-order chi connectivity index (χ1) is 9.67. The first-order valence-corrected chi connectivity index (χ1v) is 6.95. The number of hydrogen-bond acceptors (Lipinski definition) is 5. The van der Waals surface area contributed by atoms with Gasteiger partial charge >= 0.3 is 0 Å². The van der Waals surface area contributed by atoms with E-state index in [1.807, 2.05) is 31.0 Å². The van der Waals surface area contributed by atoms with E-state index in [0.717, 1.165) is 24.0 Å². The molecule has 0 unspecified atom stereocenters. The van der Waals surface area contributed by atoms with E-state index in [9.17, 15) is 0 Å². The fraction of sp³-hybridized carbons (Fsp3) is 0.500. The molecule has 1 fully saturated rings. The minimum atomic E-state index is 0.545. The maximum atomic E-state index is 4.61. The van der Waals surface area contributed by atoms with Gasteiger partial charge in [-0.25, -0.2) is 9.97 Å². The van der Waals surface area contributed by atoms with E-state index in [1.54, 1.807) is 0 Å². The average molecular weight is 272 g/mol. The fourth-order valence-corrected chi connectivity index (χ4v) is 2.11. The predicted octanol–water partition coefficient (Wildman–Crippen LogP) is 2.05. The zero-order chi connectivity index (χ0) is 14.1. The molecule has 0 saturated heterocycles. The standard InChI is InChI=1S/C14H20N6/c1-9-11(8-17-20(9)3)7-16-13-6-12(15-2)18-14(19-13)10-4-5-10/h6,8,10H,4-5,7H2,1-3H3,(H2,15,16,18,19). The SMILES string of the molecule is CNc1cc(NCc2cnn(C)c2C)nc(C2CC2)n1. The maximum absolute atomic E-state index is 4.61. The molecule has 2 heterocycles. The third-order valence-corrected chi connectivity index (χ3v) is 3.74. The summed E-state index contributed by atoms with van der Waals surface area (Å²) in [5, 5.41) is 10.7. The predicted molar refractivity (Wildman–Crippen MR) is 78.8 cm³/mol. The molecule has 1 aliphatic carbocycles. The van der Waals surface area contributed by atoms with Gasteiger partial charge in [-0.3, -0.25) is 4.68 Å². The minimum absolute atomic E-state index is 0.545. The van der Waals surface area contributed by atoms with Gasteiger partial charge in [0.1, 0.15) is 17.5 Å². The Morgan fingerprint density at radius 3 is 2.65 bits per heavy atom. The van der Waals surface area contributed by atoms with Crippen molar-refractivity contribution in [3.63, 3.8) is 0 Å². The Morgan fingerprint density at radius 2 is 2.05 bits per heavy atom. The van der Waals surface area contributed by atoms with Crippen LogP contribution < -0.4 is 10.6 Å². The molecule has 0 aliphatic heterocycles. The molecule has 0 atom stereocenters. The third kappa shape index (κ3) is 2.59. The van der Waals surface area contributed by atoms with Crippen molar-refractivity contribution in [3.8, 4) is 0 Å². The number of aromatic nitrogens is 4. The molecule has 0 spiro atoms. The molecule has 1 aliphatic rings. The molecule has 2 aromatic rings. The largest absolute Gasteiger partial charge is 0.373 e. The molecule has 2 aromatic heterocycles. The summed E-state index contributed by atoms with van der Waals surface area (Å²) >= 11 is 0. The number of rotatable bonds is 5. The van der Waals surface area contributed by atoms with Crippen LogP contribution in [0.4, 0.5) is 11.6 Å². The van der Waals surface area contributed by atoms with Crippen molar-refractivity contribution in [2.75, 3.05) is 17.7 Å². The van der Waals surface area contributed by atoms with Crippen molar-refractivity contribution in [3.05, 3.63) is 29.3 Å². The fourth-order valence-electron chi connectivity index (χ4n) is 2.11. The summed E-state index contributed by atoms with van der Waals surface area (Å²) < 4.78 is 1.88. The molecule has 0 amide bonds. The molecule has 0 bridgehead atoms. The van der Waals surface area contributed by atoms with Crippen molar-refractivity contribution >= 4 is 11.6 Å². The molecular weight excluding hydrogens is 252 g/mol. The Bertz CT molecular complexity index is 614. The van der Waals surface area contributed by atoms with E-state index in [0.29, 0.717) is 5.92 Å². The molecule has 2 N–H and O–H groups in total. The Kier molecular flexibility index (Phi) is 3.30. The number of aryl methyl sites for hydroxylation is 1. The lowest BCUT2D eigenvalue weighted by Crippen LogP contribution is -2.07. The molecule has 20 heavy (non-hydrogen) atoms. The maximum Gasteiger partial charge on any atom is 0.136 e. The lowest BCUT2D eigenvalue weighted by Gasteiger charge is -2.09. The van der Waals surface area contributed by atoms with Crippen molar-refractivity contribution in [1.29, 1.82) is 0 Å². The van der Waals surface area contributed by atoms with Gasteiger partial charge in [-0.05, 0) is 19.8 Å². The van der Waals surface area contributed by atoms with Crippen LogP contribution in [-0.4, -0.2) is 26.8 Å². The van der Waals surface area contributed by atoms with Crippen LogP contribution in [0.5, 0.6) is 0 Å². The smallest absolute Gasteiger partial charge is 0.136 e. The number of nitrogens with one attached hydrogen (secondary N) is 2. The molecule has 1 saturated carbocycles. The highest BCUT2D eigenvalue weighted by Gasteiger charge is 2.27. The van der Waals surface area contributed by atoms with Crippen LogP contribution in [0.25, 0.3) is 0 Å². The quantitative estimate of drug-likeness (QED) is 0.872. The van der Waals surface area contributed by atoms with Crippen molar-refractivity contribution in [2.45, 2.75) is 32.2 Å². The highest BCUT2D eigenvalue weighted by atomic mass is 15.3. The highest BCUT2D eigenvalue weighted by Crippen LogP contribution is 2.38. The monoisotopic (exact) mass is 272 g/mol. The van der Waals surface area contributed by atoms with E-state index >= 15 is 0 Å². The van der Waals surface area contributed by atoms with Gasteiger partial charge in [-0.15, -0.1) is 0 Å². The van der Waals surface area contributed by atoms with Crippen molar-refractivity contribution < 1.29 is 0 Å². The first-order valence-electron chi connectivity index (χ1n) is 6.95. The van der Waals surface area contributed by atoms with Crippen LogP contribution in [-0.2, 0) is 13.6 Å². The topological polar surface area (TPSA) is 67.7 Å². The lowest BCUT2D eigenvalue weighted by atomic mass is 10.2. The zero-order valence-corrected chi connectivity index (χ0v) is 12.1. The summed E-state index contributed by atoms with van der Waals surface area (Å²) in [7, 11) is 3.84. The van der Waals surface area contributed by atoms with E-state index in [4.69, 9.17) is 0 Å². The highest BCUT2D eigenvalue weighted by molar-refractivity contribution is 5.48. The molecule has 0 radical (unpaired) electrons. The normalized spacial score (nSPS) is 14.3. The molecule has 3 rings (SSSR count). The van der Waals surface area contributed by atoms with Gasteiger partial charge in [0.15, 0.2) is 0 Å². The van der Waals surface area contributed by atoms with E-state index in [1.165, 1.54) is 24.1 Å². The summed E-state index contributed by atoms with van der Waals surface area (Å²) in [6.07, 6.45) is 4.30. The first kappa shape index (κ1) is 12.9. The van der Waals surface area contributed by atoms with Crippen LogP contribution in [0, 0.1) is 6.92 Å². The molecule has 0 aromatic carbocycles. The van der Waals surface area contributed by atoms with Gasteiger partial charge in [-0.1, -0.05) is 0 Å². The van der Waals surface area contributed by atoms with Gasteiger partial charge in [0.2, 0.25) is 0 Å². The van der Waals surface area contributed by atoms with Gasteiger partial charge in [0.05, 0.1) is 6.20 Å². The van der Waals surface area contributed by atoms with Crippen LogP contribution in [0.1, 0.15) is 35.8 Å². The van der Waals surface area contributed by atoms with E-state index in [2.05, 4.69) is 32.6 Å². The Labute approximate surface area is 118 Å². The second kappa shape index (κ2) is 5.11. The molecule has 106 valence electrons. The number of anilines is 2. The van der Waals surface area contributed by atoms with E-state index in [-0.39, 0.29) is 0 Å². The second-order valence-electron chi connectivity index (χ2n) is 5.25. The Morgan fingerprint density at radius 1 is 1.30 bits per heavy atom. The summed E-state index contributed by atoms with van der Waals surface area (Å²) in [6, 6.07) is 1.94. The van der Waals surface area contributed by atoms with Crippen molar-refractivity contribution in [2.24, 2.45) is 7.05 Å². The summed E-state index contributed by atoms with van der Waals surface area (Å²) in [5.74, 6) is 3.23. The summed E-state index contributed by atoms with van der Waals surface area (Å²) in [6.45, 7) is 2.79. The van der Waals surface area contributed by atoms with Crippen LogP contribution >= 0.6 is 0 Å².